The molecule has 168 valence electrons. The van der Waals surface area contributed by atoms with E-state index in [0.29, 0.717) is 32.5 Å². The van der Waals surface area contributed by atoms with Gasteiger partial charge in [0.25, 0.3) is 5.91 Å². The van der Waals surface area contributed by atoms with Crippen molar-refractivity contribution in [2.24, 2.45) is 5.92 Å². The predicted molar refractivity (Wildman–Crippen MR) is 120 cm³/mol. The van der Waals surface area contributed by atoms with Crippen LogP contribution in [0, 0.1) is 5.92 Å². The largest absolute Gasteiger partial charge is 0.507 e. The highest BCUT2D eigenvalue weighted by molar-refractivity contribution is 5.97. The van der Waals surface area contributed by atoms with Gasteiger partial charge in [-0.3, -0.25) is 14.4 Å². The van der Waals surface area contributed by atoms with Crippen LogP contribution in [-0.2, 0) is 9.59 Å². The predicted octanol–water partition coefficient (Wildman–Crippen LogP) is 2.72. The van der Waals surface area contributed by atoms with Crippen molar-refractivity contribution < 1.29 is 19.5 Å². The molecule has 2 N–H and O–H groups in total. The van der Waals surface area contributed by atoms with Crippen molar-refractivity contribution in [3.63, 3.8) is 0 Å². The van der Waals surface area contributed by atoms with Gasteiger partial charge in [-0.2, -0.15) is 0 Å². The monoisotopic (exact) mass is 435 g/mol. The van der Waals surface area contributed by atoms with Crippen LogP contribution in [0.3, 0.4) is 0 Å². The number of likely N-dealkylation sites (tertiary alicyclic amines) is 2. The minimum Gasteiger partial charge on any atom is -0.507 e. The fourth-order valence-corrected chi connectivity index (χ4v) is 4.61. The summed E-state index contributed by atoms with van der Waals surface area (Å²) in [6, 6.07) is 16.2. The molecule has 2 fully saturated rings. The zero-order valence-electron chi connectivity index (χ0n) is 18.2. The first kappa shape index (κ1) is 21.9. The summed E-state index contributed by atoms with van der Waals surface area (Å²) >= 11 is 0. The highest BCUT2D eigenvalue weighted by atomic mass is 16.3. The third-order valence-electron chi connectivity index (χ3n) is 6.55. The second kappa shape index (κ2) is 9.42. The van der Waals surface area contributed by atoms with Gasteiger partial charge in [-0.15, -0.1) is 0 Å². The zero-order chi connectivity index (χ0) is 22.7. The smallest absolute Gasteiger partial charge is 0.255 e. The number of hydrogen-bond donors (Lipinski definition) is 2. The number of rotatable bonds is 5. The number of hydrogen-bond acceptors (Lipinski definition) is 4. The van der Waals surface area contributed by atoms with Gasteiger partial charge in [0, 0.05) is 32.1 Å². The van der Waals surface area contributed by atoms with E-state index < -0.39 is 0 Å². The summed E-state index contributed by atoms with van der Waals surface area (Å²) in [6.07, 6.45) is 1.55. The van der Waals surface area contributed by atoms with Crippen molar-refractivity contribution in [3.05, 3.63) is 65.7 Å². The minimum atomic E-state index is -0.318. The quantitative estimate of drug-likeness (QED) is 0.756. The molecule has 3 amide bonds. The van der Waals surface area contributed by atoms with Gasteiger partial charge < -0.3 is 20.2 Å². The summed E-state index contributed by atoms with van der Waals surface area (Å²) in [5.41, 5.74) is 1.32. The van der Waals surface area contributed by atoms with Crippen molar-refractivity contribution in [1.82, 2.24) is 15.1 Å². The van der Waals surface area contributed by atoms with E-state index in [9.17, 15) is 19.5 Å². The van der Waals surface area contributed by atoms with E-state index in [0.717, 1.165) is 5.56 Å². The van der Waals surface area contributed by atoms with E-state index in [1.54, 1.807) is 23.1 Å². The van der Waals surface area contributed by atoms with Crippen molar-refractivity contribution >= 4 is 17.7 Å². The number of nitrogens with zero attached hydrogens (tertiary/aromatic N) is 2. The van der Waals surface area contributed by atoms with E-state index in [2.05, 4.69) is 5.32 Å². The maximum Gasteiger partial charge on any atom is 0.255 e. The van der Waals surface area contributed by atoms with Crippen LogP contribution in [0.2, 0.25) is 0 Å². The van der Waals surface area contributed by atoms with E-state index in [4.69, 9.17) is 0 Å². The Bertz CT molecular complexity index is 986. The van der Waals surface area contributed by atoms with Crippen LogP contribution >= 0.6 is 0 Å². The number of carbonyl (C=O) groups is 3. The summed E-state index contributed by atoms with van der Waals surface area (Å²) in [5.74, 6) is -0.630. The number of carbonyl (C=O) groups excluding carboxylic acids is 3. The van der Waals surface area contributed by atoms with Gasteiger partial charge in [0.05, 0.1) is 17.5 Å². The first-order valence-electron chi connectivity index (χ1n) is 11.2. The molecule has 0 aromatic heterocycles. The first-order valence-corrected chi connectivity index (χ1v) is 11.2. The van der Waals surface area contributed by atoms with Crippen LogP contribution < -0.4 is 5.32 Å². The number of phenols is 1. The minimum absolute atomic E-state index is 0.0181. The highest BCUT2D eigenvalue weighted by Gasteiger charge is 2.39. The van der Waals surface area contributed by atoms with Crippen molar-refractivity contribution in [2.75, 3.05) is 19.6 Å². The van der Waals surface area contributed by atoms with Crippen molar-refractivity contribution in [2.45, 2.75) is 38.3 Å². The molecule has 7 heteroatoms. The zero-order valence-corrected chi connectivity index (χ0v) is 18.2. The molecule has 2 heterocycles. The van der Waals surface area contributed by atoms with Gasteiger partial charge in [0.1, 0.15) is 5.75 Å². The Kier molecular flexibility index (Phi) is 6.44. The summed E-state index contributed by atoms with van der Waals surface area (Å²) in [6.45, 7) is 3.53. The molecule has 4 rings (SSSR count). The summed E-state index contributed by atoms with van der Waals surface area (Å²) < 4.78 is 0. The average Bonchev–Trinajstić information content (AvgIpc) is 3.21. The Hall–Kier alpha value is -3.35. The maximum atomic E-state index is 13.1. The lowest BCUT2D eigenvalue weighted by Crippen LogP contribution is -2.48. The fourth-order valence-electron chi connectivity index (χ4n) is 4.61. The van der Waals surface area contributed by atoms with E-state index in [1.807, 2.05) is 42.2 Å². The molecule has 0 bridgehead atoms. The van der Waals surface area contributed by atoms with Gasteiger partial charge in [0.2, 0.25) is 11.8 Å². The summed E-state index contributed by atoms with van der Waals surface area (Å²) in [4.78, 5) is 41.7. The number of aromatic hydroxyl groups is 1. The topological polar surface area (TPSA) is 90.0 Å². The third-order valence-corrected chi connectivity index (χ3v) is 6.55. The van der Waals surface area contributed by atoms with Gasteiger partial charge in [0.15, 0.2) is 0 Å². The molecule has 2 aliphatic rings. The second-order valence-electron chi connectivity index (χ2n) is 8.62. The molecule has 0 radical (unpaired) electrons. The Morgan fingerprint density at radius 3 is 2.38 bits per heavy atom. The van der Waals surface area contributed by atoms with Crippen LogP contribution in [0.4, 0.5) is 0 Å². The fraction of sp³-hybridized carbons (Fsp3) is 0.400. The Morgan fingerprint density at radius 1 is 1.03 bits per heavy atom. The van der Waals surface area contributed by atoms with Gasteiger partial charge >= 0.3 is 0 Å². The van der Waals surface area contributed by atoms with Gasteiger partial charge in [-0.05, 0) is 37.5 Å². The number of phenolic OH excluding ortho intramolecular Hbond substituents is 1. The first-order chi connectivity index (χ1) is 15.4. The molecular formula is C25H29N3O4. The normalized spacial score (nSPS) is 20.3. The number of benzene rings is 2. The molecule has 0 spiro atoms. The maximum absolute atomic E-state index is 13.1. The lowest BCUT2D eigenvalue weighted by molar-refractivity contribution is -0.136. The van der Waals surface area contributed by atoms with Crippen LogP contribution in [0.15, 0.2) is 54.6 Å². The SMILES string of the molecule is CC(c1ccccc1)N1CC(C(=O)N2CCC(NC(=O)c3ccccc3O)CC2)CC1=O. The van der Waals surface area contributed by atoms with E-state index >= 15 is 0 Å². The average molecular weight is 436 g/mol. The molecule has 0 aliphatic carbocycles. The Morgan fingerprint density at radius 2 is 1.69 bits per heavy atom. The van der Waals surface area contributed by atoms with E-state index in [1.165, 1.54) is 6.07 Å². The number of piperidine rings is 1. The molecule has 2 atom stereocenters. The van der Waals surface area contributed by atoms with Crippen LogP contribution in [0.25, 0.3) is 0 Å². The molecule has 2 aliphatic heterocycles. The lowest BCUT2D eigenvalue weighted by Gasteiger charge is -2.34. The van der Waals surface area contributed by atoms with Crippen LogP contribution in [-0.4, -0.2) is 58.3 Å². The summed E-state index contributed by atoms with van der Waals surface area (Å²) in [7, 11) is 0. The molecule has 7 nitrogen and oxygen atoms in total. The molecule has 0 saturated carbocycles. The number of nitrogens with one attached hydrogen (secondary N) is 1. The van der Waals surface area contributed by atoms with Crippen LogP contribution in [0.5, 0.6) is 5.75 Å². The Balaban J connectivity index is 1.29. The summed E-state index contributed by atoms with van der Waals surface area (Å²) in [5, 5.41) is 12.8. The van der Waals surface area contributed by atoms with Gasteiger partial charge in [-0.1, -0.05) is 42.5 Å². The van der Waals surface area contributed by atoms with Crippen molar-refractivity contribution in [1.29, 1.82) is 0 Å². The molecule has 2 unspecified atom stereocenters. The van der Waals surface area contributed by atoms with Crippen LogP contribution in [0.1, 0.15) is 48.1 Å². The molecule has 2 aromatic carbocycles. The molecular weight excluding hydrogens is 406 g/mol. The second-order valence-corrected chi connectivity index (χ2v) is 8.62. The third kappa shape index (κ3) is 4.61. The number of para-hydroxylation sites is 1. The number of amides is 3. The van der Waals surface area contributed by atoms with E-state index in [-0.39, 0.29) is 53.5 Å². The molecule has 32 heavy (non-hydrogen) atoms. The molecule has 2 aromatic rings. The van der Waals surface area contributed by atoms with Gasteiger partial charge in [-0.25, -0.2) is 0 Å². The highest BCUT2D eigenvalue weighted by Crippen LogP contribution is 2.30. The standard InChI is InChI=1S/C25H29N3O4/c1-17(18-7-3-2-4-8-18)28-16-19(15-23(28)30)25(32)27-13-11-20(12-14-27)26-24(31)21-9-5-6-10-22(21)29/h2-10,17,19-20,29H,11-16H2,1H3,(H,26,31). The molecule has 2 saturated heterocycles. The van der Waals surface area contributed by atoms with Crippen molar-refractivity contribution in [3.8, 4) is 5.75 Å². The lowest BCUT2D eigenvalue weighted by atomic mass is 10.0. The Labute approximate surface area is 188 Å².